The maximum atomic E-state index is 12.9. The van der Waals surface area contributed by atoms with E-state index >= 15 is 0 Å². The summed E-state index contributed by atoms with van der Waals surface area (Å²) in [6.45, 7) is 3.96. The number of anilines is 1. The average Bonchev–Trinajstić information content (AvgIpc) is 2.34. The topological polar surface area (TPSA) is 38.0 Å². The summed E-state index contributed by atoms with van der Waals surface area (Å²) >= 11 is 4.65. The van der Waals surface area contributed by atoms with E-state index in [-0.39, 0.29) is 16.6 Å². The summed E-state index contributed by atoms with van der Waals surface area (Å²) in [4.78, 5) is -0.249. The second-order valence-corrected chi connectivity index (χ2v) is 4.72. The number of thiocarbonyl (C=S) groups is 1. The standard InChI is InChI=1S/C13H17F3N2S/c1-3-8(4-2)18-9-5-6-10(12(17)19)11(7-9)13(14,15)16/h5-8,18H,3-4H2,1-2H3,(H2,17,19). The van der Waals surface area contributed by atoms with Crippen molar-refractivity contribution in [2.45, 2.75) is 38.9 Å². The van der Waals surface area contributed by atoms with Crippen LogP contribution in [0.15, 0.2) is 18.2 Å². The van der Waals surface area contributed by atoms with E-state index in [2.05, 4.69) is 17.5 Å². The van der Waals surface area contributed by atoms with Crippen molar-refractivity contribution in [3.05, 3.63) is 29.3 Å². The fraction of sp³-hybridized carbons (Fsp3) is 0.462. The van der Waals surface area contributed by atoms with Crippen LogP contribution in [0.25, 0.3) is 0 Å². The van der Waals surface area contributed by atoms with E-state index in [1.165, 1.54) is 6.07 Å². The van der Waals surface area contributed by atoms with Crippen molar-refractivity contribution in [2.24, 2.45) is 5.73 Å². The SMILES string of the molecule is CCC(CC)Nc1ccc(C(N)=S)c(C(F)(F)F)c1. The molecule has 3 N–H and O–H groups in total. The second-order valence-electron chi connectivity index (χ2n) is 4.28. The third-order valence-electron chi connectivity index (χ3n) is 2.95. The molecule has 2 nitrogen and oxygen atoms in total. The molecule has 0 unspecified atom stereocenters. The van der Waals surface area contributed by atoms with Crippen LogP contribution in [-0.4, -0.2) is 11.0 Å². The lowest BCUT2D eigenvalue weighted by atomic mass is 10.0. The van der Waals surface area contributed by atoms with Crippen LogP contribution in [0.3, 0.4) is 0 Å². The van der Waals surface area contributed by atoms with Crippen molar-refractivity contribution in [3.8, 4) is 0 Å². The molecule has 6 heteroatoms. The van der Waals surface area contributed by atoms with Gasteiger partial charge >= 0.3 is 6.18 Å². The smallest absolute Gasteiger partial charge is 0.389 e. The maximum absolute atomic E-state index is 12.9. The lowest BCUT2D eigenvalue weighted by molar-refractivity contribution is -0.137. The molecule has 0 saturated heterocycles. The summed E-state index contributed by atoms with van der Waals surface area (Å²) in [5, 5.41) is 3.07. The number of halogens is 3. The number of benzene rings is 1. The predicted molar refractivity (Wildman–Crippen MR) is 75.3 cm³/mol. The minimum Gasteiger partial charge on any atom is -0.389 e. The van der Waals surface area contributed by atoms with Gasteiger partial charge in [-0.05, 0) is 31.0 Å². The molecular weight excluding hydrogens is 273 g/mol. The third-order valence-corrected chi connectivity index (χ3v) is 3.17. The molecule has 19 heavy (non-hydrogen) atoms. The molecule has 0 aliphatic rings. The van der Waals surface area contributed by atoms with E-state index in [9.17, 15) is 13.2 Å². The summed E-state index contributed by atoms with van der Waals surface area (Å²) in [5.74, 6) is 0. The monoisotopic (exact) mass is 290 g/mol. The van der Waals surface area contributed by atoms with Gasteiger partial charge in [-0.15, -0.1) is 0 Å². The van der Waals surface area contributed by atoms with E-state index in [1.807, 2.05) is 13.8 Å². The minimum absolute atomic E-state index is 0.141. The Morgan fingerprint density at radius 2 is 1.89 bits per heavy atom. The van der Waals surface area contributed by atoms with Crippen molar-refractivity contribution < 1.29 is 13.2 Å². The quantitative estimate of drug-likeness (QED) is 0.807. The fourth-order valence-electron chi connectivity index (χ4n) is 1.81. The normalized spacial score (nSPS) is 11.7. The zero-order valence-electron chi connectivity index (χ0n) is 10.8. The van der Waals surface area contributed by atoms with Gasteiger partial charge in [0.25, 0.3) is 0 Å². The van der Waals surface area contributed by atoms with Gasteiger partial charge in [0.2, 0.25) is 0 Å². The van der Waals surface area contributed by atoms with Gasteiger partial charge in [0.1, 0.15) is 4.99 Å². The molecule has 0 atom stereocenters. The highest BCUT2D eigenvalue weighted by atomic mass is 32.1. The number of hydrogen-bond donors (Lipinski definition) is 2. The Kier molecular flexibility index (Phi) is 5.17. The molecule has 0 aliphatic carbocycles. The first-order valence-electron chi connectivity index (χ1n) is 6.07. The van der Waals surface area contributed by atoms with Crippen LogP contribution >= 0.6 is 12.2 Å². The molecule has 1 aromatic carbocycles. The zero-order valence-corrected chi connectivity index (χ0v) is 11.7. The summed E-state index contributed by atoms with van der Waals surface area (Å²) in [6, 6.07) is 4.10. The highest BCUT2D eigenvalue weighted by molar-refractivity contribution is 7.80. The molecule has 0 bridgehead atoms. The van der Waals surface area contributed by atoms with Crippen molar-refractivity contribution in [1.29, 1.82) is 0 Å². The van der Waals surface area contributed by atoms with Gasteiger partial charge in [-0.25, -0.2) is 0 Å². The first-order chi connectivity index (χ1) is 8.79. The number of nitrogens with one attached hydrogen (secondary N) is 1. The van der Waals surface area contributed by atoms with Gasteiger partial charge in [0.05, 0.1) is 5.56 Å². The summed E-state index contributed by atoms with van der Waals surface area (Å²) in [5.41, 5.74) is 4.82. The molecule has 0 aliphatic heterocycles. The molecule has 1 rings (SSSR count). The predicted octanol–water partition coefficient (Wildman–Crippen LogP) is 3.94. The maximum Gasteiger partial charge on any atom is 0.417 e. The minimum atomic E-state index is -4.47. The van der Waals surface area contributed by atoms with E-state index in [0.717, 1.165) is 18.9 Å². The van der Waals surface area contributed by atoms with Gasteiger partial charge in [-0.1, -0.05) is 26.1 Å². The molecule has 0 saturated carbocycles. The van der Waals surface area contributed by atoms with Crippen molar-refractivity contribution in [1.82, 2.24) is 0 Å². The number of nitrogens with two attached hydrogens (primary N) is 1. The Labute approximate surface area is 116 Å². The van der Waals surface area contributed by atoms with Crippen LogP contribution in [0.5, 0.6) is 0 Å². The average molecular weight is 290 g/mol. The van der Waals surface area contributed by atoms with Gasteiger partial charge < -0.3 is 11.1 Å². The van der Waals surface area contributed by atoms with Gasteiger partial charge in [0, 0.05) is 17.3 Å². The Morgan fingerprint density at radius 3 is 2.32 bits per heavy atom. The molecule has 106 valence electrons. The Bertz CT molecular complexity index is 454. The molecule has 0 radical (unpaired) electrons. The van der Waals surface area contributed by atoms with Crippen LogP contribution in [0.1, 0.15) is 37.8 Å². The molecule has 0 fully saturated rings. The summed E-state index contributed by atoms with van der Waals surface area (Å²) in [7, 11) is 0. The molecule has 0 heterocycles. The van der Waals surface area contributed by atoms with E-state index < -0.39 is 11.7 Å². The lowest BCUT2D eigenvalue weighted by Crippen LogP contribution is -2.20. The van der Waals surface area contributed by atoms with Crippen LogP contribution in [0.2, 0.25) is 0 Å². The largest absolute Gasteiger partial charge is 0.417 e. The Hall–Kier alpha value is -1.30. The molecule has 0 spiro atoms. The van der Waals surface area contributed by atoms with Gasteiger partial charge in [0.15, 0.2) is 0 Å². The molecule has 0 aromatic heterocycles. The van der Waals surface area contributed by atoms with Crippen molar-refractivity contribution in [3.63, 3.8) is 0 Å². The van der Waals surface area contributed by atoms with Crippen molar-refractivity contribution in [2.75, 3.05) is 5.32 Å². The molecule has 1 aromatic rings. The van der Waals surface area contributed by atoms with Crippen LogP contribution < -0.4 is 11.1 Å². The number of hydrogen-bond acceptors (Lipinski definition) is 2. The third kappa shape index (κ3) is 4.09. The first kappa shape index (κ1) is 15.8. The summed E-state index contributed by atoms with van der Waals surface area (Å²) in [6.07, 6.45) is -2.78. The van der Waals surface area contributed by atoms with Gasteiger partial charge in [-0.2, -0.15) is 13.2 Å². The fourth-order valence-corrected chi connectivity index (χ4v) is 1.99. The van der Waals surface area contributed by atoms with Gasteiger partial charge in [-0.3, -0.25) is 0 Å². The van der Waals surface area contributed by atoms with Crippen LogP contribution in [0, 0.1) is 0 Å². The zero-order chi connectivity index (χ0) is 14.6. The first-order valence-corrected chi connectivity index (χ1v) is 6.48. The Morgan fingerprint density at radius 1 is 1.32 bits per heavy atom. The second kappa shape index (κ2) is 6.23. The van der Waals surface area contributed by atoms with Crippen LogP contribution in [-0.2, 0) is 6.18 Å². The Balaban J connectivity index is 3.15. The highest BCUT2D eigenvalue weighted by Crippen LogP contribution is 2.34. The van der Waals surface area contributed by atoms with E-state index in [1.54, 1.807) is 6.07 Å². The summed E-state index contributed by atoms with van der Waals surface area (Å²) < 4.78 is 38.8. The highest BCUT2D eigenvalue weighted by Gasteiger charge is 2.34. The molecule has 0 amide bonds. The molecular formula is C13H17F3N2S. The number of rotatable bonds is 5. The van der Waals surface area contributed by atoms with E-state index in [0.29, 0.717) is 5.69 Å². The van der Waals surface area contributed by atoms with Crippen LogP contribution in [0.4, 0.5) is 18.9 Å². The number of alkyl halides is 3. The van der Waals surface area contributed by atoms with Crippen molar-refractivity contribution >= 4 is 22.9 Å². The lowest BCUT2D eigenvalue weighted by Gasteiger charge is -2.19. The van der Waals surface area contributed by atoms with E-state index in [4.69, 9.17) is 5.73 Å².